The molecule has 1 aromatic rings. The topological polar surface area (TPSA) is 12.4 Å². The molecule has 0 aliphatic heterocycles. The van der Waals surface area contributed by atoms with Crippen LogP contribution in [0.1, 0.15) is 52.7 Å². The summed E-state index contributed by atoms with van der Waals surface area (Å²) in [6.07, 6.45) is 1.90. The Kier molecular flexibility index (Phi) is 4.39. The van der Waals surface area contributed by atoms with Crippen LogP contribution in [0.3, 0.4) is 0 Å². The number of aliphatic imine (C=N–C) groups is 1. The summed E-state index contributed by atoms with van der Waals surface area (Å²) in [5.74, 6) is 0. The first kappa shape index (κ1) is 15.7. The predicted molar refractivity (Wildman–Crippen MR) is 86.6 cm³/mol. The molecule has 0 bridgehead atoms. The van der Waals surface area contributed by atoms with Gasteiger partial charge in [0.1, 0.15) is 0 Å². The lowest BCUT2D eigenvalue weighted by Crippen LogP contribution is -2.11. The summed E-state index contributed by atoms with van der Waals surface area (Å²) in [5.41, 5.74) is 4.82. The average Bonchev–Trinajstić information content (AvgIpc) is 2.24. The number of hydrogen-bond donors (Lipinski definition) is 0. The lowest BCUT2D eigenvalue weighted by Gasteiger charge is -2.20. The fourth-order valence-electron chi connectivity index (χ4n) is 1.56. The minimum Gasteiger partial charge on any atom is -0.256 e. The smallest absolute Gasteiger partial charge is 0.0661 e. The maximum absolute atomic E-state index is 4.62. The predicted octanol–water partition coefficient (Wildman–Crippen LogP) is 5.60. The van der Waals surface area contributed by atoms with Gasteiger partial charge in [-0.25, -0.2) is 0 Å². The number of allylic oxidation sites excluding steroid dienone is 1. The van der Waals surface area contributed by atoms with Crippen molar-refractivity contribution in [1.82, 2.24) is 0 Å². The third kappa shape index (κ3) is 4.34. The molecule has 1 nitrogen and oxygen atoms in total. The van der Waals surface area contributed by atoms with E-state index in [0.29, 0.717) is 0 Å². The van der Waals surface area contributed by atoms with Gasteiger partial charge < -0.3 is 0 Å². The van der Waals surface area contributed by atoms with Gasteiger partial charge in [-0.05, 0) is 40.5 Å². The second-order valence-electron chi connectivity index (χ2n) is 7.28. The molecule has 0 radical (unpaired) electrons. The molecule has 0 aromatic heterocycles. The molecule has 1 rings (SSSR count). The van der Waals surface area contributed by atoms with Crippen molar-refractivity contribution in [1.29, 1.82) is 0 Å². The van der Waals surface area contributed by atoms with Crippen molar-refractivity contribution in [2.45, 2.75) is 53.9 Å². The molecule has 0 aliphatic carbocycles. The molecule has 0 atom stereocenters. The van der Waals surface area contributed by atoms with Gasteiger partial charge in [0.25, 0.3) is 0 Å². The van der Waals surface area contributed by atoms with Gasteiger partial charge in [-0.15, -0.1) is 0 Å². The lowest BCUT2D eigenvalue weighted by atomic mass is 9.86. The summed E-state index contributed by atoms with van der Waals surface area (Å²) >= 11 is 0. The second kappa shape index (κ2) is 5.32. The Bertz CT molecular complexity index is 493. The molecule has 0 aliphatic rings. The molecule has 0 unspecified atom stereocenters. The van der Waals surface area contributed by atoms with E-state index in [0.717, 1.165) is 11.3 Å². The van der Waals surface area contributed by atoms with E-state index in [1.54, 1.807) is 0 Å². The molecule has 0 spiro atoms. The van der Waals surface area contributed by atoms with Crippen LogP contribution in [0, 0.1) is 12.3 Å². The maximum atomic E-state index is 4.62. The fraction of sp³-hybridized carbons (Fsp3) is 0.500. The maximum Gasteiger partial charge on any atom is 0.0661 e. The Hall–Kier alpha value is -1.37. The summed E-state index contributed by atoms with van der Waals surface area (Å²) in [4.78, 5) is 4.62. The lowest BCUT2D eigenvalue weighted by molar-refractivity contribution is 0.528. The van der Waals surface area contributed by atoms with Crippen LogP contribution in [0.5, 0.6) is 0 Å². The zero-order chi connectivity index (χ0) is 14.8. The molecule has 0 saturated heterocycles. The van der Waals surface area contributed by atoms with Gasteiger partial charge in [-0.3, -0.25) is 4.99 Å². The van der Waals surface area contributed by atoms with Crippen LogP contribution in [0.15, 0.2) is 35.3 Å². The zero-order valence-electron chi connectivity index (χ0n) is 13.5. The van der Waals surface area contributed by atoms with E-state index >= 15 is 0 Å². The highest BCUT2D eigenvalue weighted by molar-refractivity contribution is 5.82. The molecular formula is C18H27N. The molecule has 19 heavy (non-hydrogen) atoms. The van der Waals surface area contributed by atoms with E-state index < -0.39 is 0 Å². The third-order valence-corrected chi connectivity index (χ3v) is 3.40. The normalized spacial score (nSPS) is 13.0. The molecule has 104 valence electrons. The average molecular weight is 257 g/mol. The molecule has 1 heteroatoms. The van der Waals surface area contributed by atoms with Crippen LogP contribution in [0.2, 0.25) is 0 Å². The van der Waals surface area contributed by atoms with Crippen molar-refractivity contribution in [2.75, 3.05) is 0 Å². The first-order valence-electron chi connectivity index (χ1n) is 6.86. The highest BCUT2D eigenvalue weighted by atomic mass is 14.7. The summed E-state index contributed by atoms with van der Waals surface area (Å²) < 4.78 is 0. The van der Waals surface area contributed by atoms with Crippen LogP contribution in [-0.4, -0.2) is 6.21 Å². The SMILES string of the molecule is C=C(/C=N\c1cc(C(C)(C)C)ccc1C)C(C)(C)C. The number of nitrogens with zero attached hydrogens (tertiary/aromatic N) is 1. The zero-order valence-corrected chi connectivity index (χ0v) is 13.5. The summed E-state index contributed by atoms with van der Waals surface area (Å²) in [6, 6.07) is 6.52. The summed E-state index contributed by atoms with van der Waals surface area (Å²) in [6.45, 7) is 19.3. The van der Waals surface area contributed by atoms with Crippen LogP contribution in [0.25, 0.3) is 0 Å². The number of rotatable bonds is 2. The quantitative estimate of drug-likeness (QED) is 0.612. The van der Waals surface area contributed by atoms with E-state index in [4.69, 9.17) is 0 Å². The van der Waals surface area contributed by atoms with E-state index in [-0.39, 0.29) is 10.8 Å². The van der Waals surface area contributed by atoms with Crippen molar-refractivity contribution in [3.05, 3.63) is 41.5 Å². The monoisotopic (exact) mass is 257 g/mol. The largest absolute Gasteiger partial charge is 0.256 e. The van der Waals surface area contributed by atoms with E-state index in [2.05, 4.69) is 78.2 Å². The van der Waals surface area contributed by atoms with Gasteiger partial charge >= 0.3 is 0 Å². The van der Waals surface area contributed by atoms with Gasteiger partial charge in [-0.1, -0.05) is 60.3 Å². The standard InChI is InChI=1S/C18H27N/c1-13-9-10-15(18(6,7)8)11-16(13)19-12-14(2)17(3,4)5/h9-12H,2H2,1,3-8H3/b19-12-. The van der Waals surface area contributed by atoms with Crippen molar-refractivity contribution in [3.63, 3.8) is 0 Å². The Morgan fingerprint density at radius 3 is 2.16 bits per heavy atom. The van der Waals surface area contributed by atoms with E-state index in [9.17, 15) is 0 Å². The summed E-state index contributed by atoms with van der Waals surface area (Å²) in [7, 11) is 0. The number of hydrogen-bond acceptors (Lipinski definition) is 1. The van der Waals surface area contributed by atoms with Crippen LogP contribution >= 0.6 is 0 Å². The van der Waals surface area contributed by atoms with Crippen molar-refractivity contribution < 1.29 is 0 Å². The molecule has 0 fully saturated rings. The molecule has 1 aromatic carbocycles. The molecule has 0 amide bonds. The fourth-order valence-corrected chi connectivity index (χ4v) is 1.56. The Labute approximate surface area is 118 Å². The Morgan fingerprint density at radius 2 is 1.68 bits per heavy atom. The number of aryl methyl sites for hydroxylation is 1. The van der Waals surface area contributed by atoms with Crippen molar-refractivity contribution >= 4 is 11.9 Å². The molecule has 0 N–H and O–H groups in total. The Morgan fingerprint density at radius 1 is 1.11 bits per heavy atom. The minimum absolute atomic E-state index is 0.0685. The minimum atomic E-state index is 0.0685. The van der Waals surface area contributed by atoms with Crippen molar-refractivity contribution in [2.24, 2.45) is 10.4 Å². The van der Waals surface area contributed by atoms with Gasteiger partial charge in [0.15, 0.2) is 0 Å². The van der Waals surface area contributed by atoms with E-state index in [1.165, 1.54) is 11.1 Å². The Balaban J connectivity index is 3.08. The highest BCUT2D eigenvalue weighted by Gasteiger charge is 2.15. The third-order valence-electron chi connectivity index (χ3n) is 3.40. The second-order valence-corrected chi connectivity index (χ2v) is 7.28. The van der Waals surface area contributed by atoms with Gasteiger partial charge in [0.05, 0.1) is 5.69 Å². The summed E-state index contributed by atoms with van der Waals surface area (Å²) in [5, 5.41) is 0. The molecule has 0 heterocycles. The molecule has 0 saturated carbocycles. The van der Waals surface area contributed by atoms with Gasteiger partial charge in [-0.2, -0.15) is 0 Å². The highest BCUT2D eigenvalue weighted by Crippen LogP contribution is 2.29. The first-order valence-corrected chi connectivity index (χ1v) is 6.86. The van der Waals surface area contributed by atoms with Crippen molar-refractivity contribution in [3.8, 4) is 0 Å². The van der Waals surface area contributed by atoms with Gasteiger partial charge in [0.2, 0.25) is 0 Å². The molecular weight excluding hydrogens is 230 g/mol. The van der Waals surface area contributed by atoms with Crippen LogP contribution < -0.4 is 0 Å². The first-order chi connectivity index (χ1) is 8.51. The van der Waals surface area contributed by atoms with Crippen LogP contribution in [-0.2, 0) is 5.41 Å². The van der Waals surface area contributed by atoms with Crippen LogP contribution in [0.4, 0.5) is 5.69 Å². The van der Waals surface area contributed by atoms with Gasteiger partial charge in [0, 0.05) is 6.21 Å². The number of benzene rings is 1. The van der Waals surface area contributed by atoms with E-state index in [1.807, 2.05) is 6.21 Å².